The minimum absolute atomic E-state index is 0.316. The van der Waals surface area contributed by atoms with Gasteiger partial charge in [0.15, 0.2) is 11.5 Å². The predicted octanol–water partition coefficient (Wildman–Crippen LogP) is 3.30. The van der Waals surface area contributed by atoms with Crippen LogP contribution in [0.4, 0.5) is 5.69 Å². The molecule has 0 unspecified atom stereocenters. The fourth-order valence-electron chi connectivity index (χ4n) is 2.98. The van der Waals surface area contributed by atoms with Crippen molar-refractivity contribution in [3.05, 3.63) is 18.2 Å². The number of likely N-dealkylation sites (N-methyl/N-ethyl adjacent to an activating group) is 2. The van der Waals surface area contributed by atoms with Gasteiger partial charge in [0.25, 0.3) is 0 Å². The minimum Gasteiger partial charge on any atom is -0.493 e. The van der Waals surface area contributed by atoms with Crippen LogP contribution >= 0.6 is 0 Å². The molecule has 0 heterocycles. The van der Waals surface area contributed by atoms with Gasteiger partial charge in [0, 0.05) is 44.9 Å². The lowest BCUT2D eigenvalue weighted by atomic mass is 10.2. The lowest BCUT2D eigenvalue weighted by Gasteiger charge is -2.24. The van der Waals surface area contributed by atoms with Crippen molar-refractivity contribution < 1.29 is 9.47 Å². The first-order valence-electron chi connectivity index (χ1n) is 8.75. The highest BCUT2D eigenvalue weighted by Crippen LogP contribution is 2.34. The SMILES string of the molecule is COc1ccc(N(C)CCN(C)CCC#N)cc1OC1CCCC1. The minimum atomic E-state index is 0.316. The van der Waals surface area contributed by atoms with Crippen LogP contribution in [0, 0.1) is 11.3 Å². The van der Waals surface area contributed by atoms with E-state index in [0.717, 1.165) is 49.7 Å². The van der Waals surface area contributed by atoms with Crippen molar-refractivity contribution in [2.24, 2.45) is 0 Å². The van der Waals surface area contributed by atoms with Crippen LogP contribution in [0.15, 0.2) is 18.2 Å². The van der Waals surface area contributed by atoms with Crippen molar-refractivity contribution in [3.8, 4) is 17.6 Å². The summed E-state index contributed by atoms with van der Waals surface area (Å²) in [5, 5.41) is 8.65. The maximum absolute atomic E-state index is 8.65. The van der Waals surface area contributed by atoms with Gasteiger partial charge in [-0.3, -0.25) is 0 Å². The van der Waals surface area contributed by atoms with Gasteiger partial charge in [-0.15, -0.1) is 0 Å². The third kappa shape index (κ3) is 5.31. The summed E-state index contributed by atoms with van der Waals surface area (Å²) >= 11 is 0. The number of nitriles is 1. The molecular formula is C19H29N3O2. The molecule has 0 saturated heterocycles. The second-order valence-corrected chi connectivity index (χ2v) is 6.49. The summed E-state index contributed by atoms with van der Waals surface area (Å²) in [6, 6.07) is 8.31. The molecule has 1 aliphatic rings. The first-order valence-corrected chi connectivity index (χ1v) is 8.75. The van der Waals surface area contributed by atoms with Crippen LogP contribution in [0.5, 0.6) is 11.5 Å². The molecule has 0 radical (unpaired) electrons. The van der Waals surface area contributed by atoms with Gasteiger partial charge in [0.05, 0.1) is 19.3 Å². The topological polar surface area (TPSA) is 48.7 Å². The molecule has 0 N–H and O–H groups in total. The van der Waals surface area contributed by atoms with Crippen molar-refractivity contribution in [2.45, 2.75) is 38.2 Å². The molecular weight excluding hydrogens is 302 g/mol. The van der Waals surface area contributed by atoms with E-state index in [1.54, 1.807) is 7.11 Å². The first kappa shape index (κ1) is 18.4. The number of anilines is 1. The molecule has 0 aromatic heterocycles. The van der Waals surface area contributed by atoms with Gasteiger partial charge in [-0.1, -0.05) is 0 Å². The molecule has 0 aliphatic heterocycles. The highest BCUT2D eigenvalue weighted by molar-refractivity contribution is 5.56. The van der Waals surface area contributed by atoms with Gasteiger partial charge in [-0.2, -0.15) is 5.26 Å². The van der Waals surface area contributed by atoms with Crippen LogP contribution in [-0.2, 0) is 0 Å². The predicted molar refractivity (Wildman–Crippen MR) is 96.9 cm³/mol. The van der Waals surface area contributed by atoms with Crippen LogP contribution in [0.1, 0.15) is 32.1 Å². The van der Waals surface area contributed by atoms with Crippen LogP contribution in [0.25, 0.3) is 0 Å². The fraction of sp³-hybridized carbons (Fsp3) is 0.632. The van der Waals surface area contributed by atoms with Gasteiger partial charge in [-0.05, 0) is 44.9 Å². The average Bonchev–Trinajstić information content (AvgIpc) is 3.10. The van der Waals surface area contributed by atoms with E-state index in [1.807, 2.05) is 13.1 Å². The maximum Gasteiger partial charge on any atom is 0.163 e. The van der Waals surface area contributed by atoms with E-state index in [0.29, 0.717) is 12.5 Å². The third-order valence-electron chi connectivity index (χ3n) is 4.61. The molecule has 1 aromatic carbocycles. The van der Waals surface area contributed by atoms with Gasteiger partial charge < -0.3 is 19.3 Å². The van der Waals surface area contributed by atoms with Gasteiger partial charge in [0.1, 0.15) is 0 Å². The largest absolute Gasteiger partial charge is 0.493 e. The Morgan fingerprint density at radius 3 is 2.54 bits per heavy atom. The highest BCUT2D eigenvalue weighted by Gasteiger charge is 2.19. The summed E-state index contributed by atoms with van der Waals surface area (Å²) in [7, 11) is 5.82. The Bertz CT molecular complexity index is 550. The Morgan fingerprint density at radius 1 is 1.12 bits per heavy atom. The zero-order valence-corrected chi connectivity index (χ0v) is 15.1. The molecule has 132 valence electrons. The van der Waals surface area contributed by atoms with E-state index >= 15 is 0 Å². The Kier molecular flexibility index (Phi) is 7.20. The summed E-state index contributed by atoms with van der Waals surface area (Å²) in [4.78, 5) is 4.39. The number of hydrogen-bond donors (Lipinski definition) is 0. The Balaban J connectivity index is 1.97. The second-order valence-electron chi connectivity index (χ2n) is 6.49. The number of hydrogen-bond acceptors (Lipinski definition) is 5. The van der Waals surface area contributed by atoms with Gasteiger partial charge >= 0.3 is 0 Å². The fourth-order valence-corrected chi connectivity index (χ4v) is 2.98. The second kappa shape index (κ2) is 9.39. The monoisotopic (exact) mass is 331 g/mol. The standard InChI is InChI=1S/C19H29N3O2/c1-21(12-6-11-20)13-14-22(2)16-9-10-18(23-3)19(15-16)24-17-7-4-5-8-17/h9-10,15,17H,4-8,12-14H2,1-3H3. The highest BCUT2D eigenvalue weighted by atomic mass is 16.5. The summed E-state index contributed by atoms with van der Waals surface area (Å²) in [6.45, 7) is 2.63. The Hall–Kier alpha value is -1.93. The molecule has 1 saturated carbocycles. The van der Waals surface area contributed by atoms with Crippen LogP contribution in [0.2, 0.25) is 0 Å². The summed E-state index contributed by atoms with van der Waals surface area (Å²) < 4.78 is 11.6. The summed E-state index contributed by atoms with van der Waals surface area (Å²) in [5.74, 6) is 1.64. The molecule has 1 fully saturated rings. The molecule has 2 rings (SSSR count). The van der Waals surface area contributed by atoms with Crippen molar-refractivity contribution in [1.29, 1.82) is 5.26 Å². The van der Waals surface area contributed by atoms with Crippen LogP contribution < -0.4 is 14.4 Å². The van der Waals surface area contributed by atoms with Crippen molar-refractivity contribution in [1.82, 2.24) is 4.90 Å². The van der Waals surface area contributed by atoms with E-state index in [4.69, 9.17) is 14.7 Å². The van der Waals surface area contributed by atoms with Gasteiger partial charge in [0.2, 0.25) is 0 Å². The molecule has 0 bridgehead atoms. The number of benzene rings is 1. The van der Waals surface area contributed by atoms with Crippen LogP contribution in [-0.4, -0.2) is 51.8 Å². The van der Waals surface area contributed by atoms with E-state index in [-0.39, 0.29) is 0 Å². The average molecular weight is 331 g/mol. The van der Waals surface area contributed by atoms with E-state index in [9.17, 15) is 0 Å². The zero-order valence-electron chi connectivity index (χ0n) is 15.1. The number of rotatable bonds is 9. The lowest BCUT2D eigenvalue weighted by molar-refractivity contribution is 0.201. The van der Waals surface area contributed by atoms with Crippen molar-refractivity contribution in [2.75, 3.05) is 45.7 Å². The van der Waals surface area contributed by atoms with Crippen molar-refractivity contribution >= 4 is 5.69 Å². The Morgan fingerprint density at radius 2 is 1.88 bits per heavy atom. The third-order valence-corrected chi connectivity index (χ3v) is 4.61. The summed E-state index contributed by atoms with van der Waals surface area (Å²) in [6.07, 6.45) is 5.65. The first-order chi connectivity index (χ1) is 11.6. The molecule has 5 nitrogen and oxygen atoms in total. The molecule has 5 heteroatoms. The molecule has 0 amide bonds. The van der Waals surface area contributed by atoms with Crippen molar-refractivity contribution in [3.63, 3.8) is 0 Å². The maximum atomic E-state index is 8.65. The molecule has 0 atom stereocenters. The molecule has 0 spiro atoms. The quantitative estimate of drug-likeness (QED) is 0.695. The van der Waals surface area contributed by atoms with Crippen LogP contribution in [0.3, 0.4) is 0 Å². The number of ether oxygens (including phenoxy) is 2. The Labute approximate surface area is 145 Å². The number of methoxy groups -OCH3 is 1. The summed E-state index contributed by atoms with van der Waals surface area (Å²) in [5.41, 5.74) is 1.12. The molecule has 1 aromatic rings. The normalized spacial score (nSPS) is 14.6. The van der Waals surface area contributed by atoms with E-state index in [1.165, 1.54) is 12.8 Å². The lowest BCUT2D eigenvalue weighted by Crippen LogP contribution is -2.31. The van der Waals surface area contributed by atoms with E-state index < -0.39 is 0 Å². The van der Waals surface area contributed by atoms with Gasteiger partial charge in [-0.25, -0.2) is 0 Å². The van der Waals surface area contributed by atoms with E-state index in [2.05, 4.69) is 35.0 Å². The molecule has 24 heavy (non-hydrogen) atoms. The zero-order chi connectivity index (χ0) is 17.4. The number of nitrogens with zero attached hydrogens (tertiary/aromatic N) is 3. The smallest absolute Gasteiger partial charge is 0.163 e. The molecule has 1 aliphatic carbocycles.